The van der Waals surface area contributed by atoms with E-state index in [-0.39, 0.29) is 6.42 Å². The van der Waals surface area contributed by atoms with Crippen LogP contribution in [0.2, 0.25) is 0 Å². The smallest absolute Gasteiger partial charge is 0.323 e. The van der Waals surface area contributed by atoms with E-state index < -0.39 is 36.7 Å². The maximum absolute atomic E-state index is 11.2. The van der Waals surface area contributed by atoms with Gasteiger partial charge in [0.2, 0.25) is 11.8 Å². The molecule has 0 bridgehead atoms. The van der Waals surface area contributed by atoms with Crippen molar-refractivity contribution < 1.29 is 29.4 Å². The molecule has 0 aliphatic rings. The van der Waals surface area contributed by atoms with Gasteiger partial charge in [-0.25, -0.2) is 0 Å². The number of imide groups is 1. The van der Waals surface area contributed by atoms with Gasteiger partial charge in [0.1, 0.15) is 6.54 Å². The number of carbonyl (C=O) groups is 4. The zero-order chi connectivity index (χ0) is 12.0. The Morgan fingerprint density at radius 2 is 1.53 bits per heavy atom. The van der Waals surface area contributed by atoms with Crippen molar-refractivity contribution in [3.8, 4) is 0 Å². The Balaban J connectivity index is 4.36. The molecule has 7 heteroatoms. The molecule has 0 aliphatic carbocycles. The molecule has 0 radical (unpaired) electrons. The van der Waals surface area contributed by atoms with Gasteiger partial charge in [-0.15, -0.1) is 0 Å². The maximum Gasteiger partial charge on any atom is 0.323 e. The molecular weight excluding hydrogens is 206 g/mol. The van der Waals surface area contributed by atoms with Gasteiger partial charge in [-0.3, -0.25) is 24.1 Å². The number of rotatable bonds is 5. The third kappa shape index (κ3) is 5.40. The molecular formula is C8H11NO6. The predicted molar refractivity (Wildman–Crippen MR) is 46.9 cm³/mol. The minimum atomic E-state index is -1.33. The lowest BCUT2D eigenvalue weighted by atomic mass is 10.2. The first-order chi connectivity index (χ1) is 6.84. The lowest BCUT2D eigenvalue weighted by Crippen LogP contribution is -2.39. The van der Waals surface area contributed by atoms with E-state index in [1.165, 1.54) is 0 Å². The van der Waals surface area contributed by atoms with E-state index in [0.717, 1.165) is 6.92 Å². The van der Waals surface area contributed by atoms with E-state index in [1.54, 1.807) is 0 Å². The highest BCUT2D eigenvalue weighted by Crippen LogP contribution is 1.99. The zero-order valence-electron chi connectivity index (χ0n) is 8.10. The highest BCUT2D eigenvalue weighted by atomic mass is 16.4. The van der Waals surface area contributed by atoms with Crippen LogP contribution >= 0.6 is 0 Å². The molecule has 0 unspecified atom stereocenters. The molecule has 15 heavy (non-hydrogen) atoms. The number of carboxylic acid groups (broad SMARTS) is 2. The van der Waals surface area contributed by atoms with Crippen molar-refractivity contribution in [2.75, 3.05) is 6.54 Å². The minimum absolute atomic E-state index is 0.387. The van der Waals surface area contributed by atoms with Crippen molar-refractivity contribution in [3.05, 3.63) is 0 Å². The Morgan fingerprint density at radius 3 is 1.87 bits per heavy atom. The van der Waals surface area contributed by atoms with Gasteiger partial charge >= 0.3 is 11.9 Å². The van der Waals surface area contributed by atoms with Crippen molar-refractivity contribution >= 4 is 23.8 Å². The topological polar surface area (TPSA) is 112 Å². The van der Waals surface area contributed by atoms with E-state index in [2.05, 4.69) is 0 Å². The van der Waals surface area contributed by atoms with Gasteiger partial charge in [-0.05, 0) is 0 Å². The van der Waals surface area contributed by atoms with Crippen LogP contribution in [0, 0.1) is 0 Å². The highest BCUT2D eigenvalue weighted by molar-refractivity contribution is 5.97. The molecule has 0 spiro atoms. The lowest BCUT2D eigenvalue weighted by molar-refractivity contribution is -0.152. The van der Waals surface area contributed by atoms with Crippen molar-refractivity contribution in [2.24, 2.45) is 0 Å². The Morgan fingerprint density at radius 1 is 1.00 bits per heavy atom. The fourth-order valence-corrected chi connectivity index (χ4v) is 0.859. The van der Waals surface area contributed by atoms with Crippen LogP contribution in [0.25, 0.3) is 0 Å². The van der Waals surface area contributed by atoms with Gasteiger partial charge in [-0.2, -0.15) is 0 Å². The highest BCUT2D eigenvalue weighted by Gasteiger charge is 2.20. The molecule has 0 rings (SSSR count). The first-order valence-corrected chi connectivity index (χ1v) is 4.09. The molecule has 0 heterocycles. The molecule has 0 aliphatic heterocycles. The summed E-state index contributed by atoms with van der Waals surface area (Å²) in [7, 11) is 0. The van der Waals surface area contributed by atoms with E-state index in [4.69, 9.17) is 10.2 Å². The fourth-order valence-electron chi connectivity index (χ4n) is 0.859. The Labute approximate surface area is 85.3 Å². The van der Waals surface area contributed by atoms with Crippen LogP contribution < -0.4 is 0 Å². The second-order valence-electron chi connectivity index (χ2n) is 2.79. The van der Waals surface area contributed by atoms with Crippen molar-refractivity contribution in [3.63, 3.8) is 0 Å². The summed E-state index contributed by atoms with van der Waals surface area (Å²) in [5, 5.41) is 16.7. The molecule has 84 valence electrons. The fraction of sp³-hybridized carbons (Fsp3) is 0.500. The Hall–Kier alpha value is -1.92. The quantitative estimate of drug-likeness (QED) is 0.630. The van der Waals surface area contributed by atoms with Crippen LogP contribution in [0.1, 0.15) is 19.8 Å². The maximum atomic E-state index is 11.2. The molecule has 7 nitrogen and oxygen atoms in total. The van der Waals surface area contributed by atoms with Gasteiger partial charge in [-0.1, -0.05) is 0 Å². The SMILES string of the molecule is CC(=O)N(CC(=O)O)C(=O)CCC(=O)O. The molecule has 0 saturated carbocycles. The number of carboxylic acids is 2. The summed E-state index contributed by atoms with van der Waals surface area (Å²) in [4.78, 5) is 43.0. The average molecular weight is 217 g/mol. The first-order valence-electron chi connectivity index (χ1n) is 4.09. The summed E-state index contributed by atoms with van der Waals surface area (Å²) >= 11 is 0. The summed E-state index contributed by atoms with van der Waals surface area (Å²) in [5.41, 5.74) is 0. The number of amides is 2. The molecule has 2 N–H and O–H groups in total. The van der Waals surface area contributed by atoms with Gasteiger partial charge in [0, 0.05) is 13.3 Å². The average Bonchev–Trinajstić information content (AvgIpc) is 2.09. The van der Waals surface area contributed by atoms with Gasteiger partial charge in [0.15, 0.2) is 0 Å². The minimum Gasteiger partial charge on any atom is -0.481 e. The molecule has 2 amide bonds. The van der Waals surface area contributed by atoms with Crippen molar-refractivity contribution in [2.45, 2.75) is 19.8 Å². The largest absolute Gasteiger partial charge is 0.481 e. The number of hydrogen-bond donors (Lipinski definition) is 2. The first kappa shape index (κ1) is 13.1. The molecule has 0 aromatic heterocycles. The second-order valence-corrected chi connectivity index (χ2v) is 2.79. The van der Waals surface area contributed by atoms with Gasteiger partial charge in [0.25, 0.3) is 0 Å². The number of carbonyl (C=O) groups excluding carboxylic acids is 2. The van der Waals surface area contributed by atoms with Gasteiger partial charge < -0.3 is 10.2 Å². The summed E-state index contributed by atoms with van der Waals surface area (Å²) in [6.07, 6.45) is -0.815. The number of aliphatic carboxylic acids is 2. The zero-order valence-corrected chi connectivity index (χ0v) is 8.10. The molecule has 0 saturated heterocycles. The Bertz CT molecular complexity index is 298. The predicted octanol–water partition coefficient (Wildman–Crippen LogP) is -0.689. The van der Waals surface area contributed by atoms with Crippen molar-refractivity contribution in [1.29, 1.82) is 0 Å². The third-order valence-electron chi connectivity index (χ3n) is 1.53. The second kappa shape index (κ2) is 5.74. The summed E-state index contributed by atoms with van der Waals surface area (Å²) in [6, 6.07) is 0. The van der Waals surface area contributed by atoms with Crippen molar-refractivity contribution in [1.82, 2.24) is 4.90 Å². The van der Waals surface area contributed by atoms with Crippen LogP contribution in [-0.4, -0.2) is 45.4 Å². The summed E-state index contributed by atoms with van der Waals surface area (Å²) in [5.74, 6) is -4.02. The van der Waals surface area contributed by atoms with Crippen LogP contribution in [0.15, 0.2) is 0 Å². The summed E-state index contributed by atoms with van der Waals surface area (Å²) < 4.78 is 0. The summed E-state index contributed by atoms with van der Waals surface area (Å²) in [6.45, 7) is 0.301. The van der Waals surface area contributed by atoms with Crippen LogP contribution in [0.3, 0.4) is 0 Å². The van der Waals surface area contributed by atoms with Crippen LogP contribution in [-0.2, 0) is 19.2 Å². The molecule has 0 atom stereocenters. The van der Waals surface area contributed by atoms with Crippen LogP contribution in [0.5, 0.6) is 0 Å². The molecule has 0 fully saturated rings. The monoisotopic (exact) mass is 217 g/mol. The number of hydrogen-bond acceptors (Lipinski definition) is 4. The van der Waals surface area contributed by atoms with E-state index in [0.29, 0.717) is 4.90 Å². The lowest BCUT2D eigenvalue weighted by Gasteiger charge is -2.15. The standard InChI is InChI=1S/C8H11NO6/c1-5(10)9(4-8(14)15)6(11)2-3-7(12)13/h2-4H2,1H3,(H,12,13)(H,14,15). The third-order valence-corrected chi connectivity index (χ3v) is 1.53. The normalized spacial score (nSPS) is 9.40. The molecule has 0 aromatic rings. The van der Waals surface area contributed by atoms with E-state index >= 15 is 0 Å². The van der Waals surface area contributed by atoms with Gasteiger partial charge in [0.05, 0.1) is 6.42 Å². The number of nitrogens with zero attached hydrogens (tertiary/aromatic N) is 1. The van der Waals surface area contributed by atoms with E-state index in [9.17, 15) is 19.2 Å². The molecule has 0 aromatic carbocycles. The van der Waals surface area contributed by atoms with E-state index in [1.807, 2.05) is 0 Å². The van der Waals surface area contributed by atoms with Crippen LogP contribution in [0.4, 0.5) is 0 Å². The Kier molecular flexibility index (Phi) is 5.00.